The molecular weight excluding hydrogens is 416 g/mol. The van der Waals surface area contributed by atoms with Gasteiger partial charge in [0.1, 0.15) is 6.61 Å². The average molecular weight is 443 g/mol. The summed E-state index contributed by atoms with van der Waals surface area (Å²) < 4.78 is 11.6. The van der Waals surface area contributed by atoms with E-state index in [0.717, 1.165) is 5.56 Å². The molecule has 6 nitrogen and oxygen atoms in total. The van der Waals surface area contributed by atoms with Crippen LogP contribution in [0, 0.1) is 21.4 Å². The lowest BCUT2D eigenvalue weighted by Gasteiger charge is -2.19. The summed E-state index contributed by atoms with van der Waals surface area (Å²) in [6.07, 6.45) is 1.70. The Balaban J connectivity index is 1.90. The SMILES string of the molecule is COc1cccc(C=C(C#N)c2ccc([N+](=O)[O-])cc2)c1OCc1ccc(C(C)(C)C)cc1. The number of methoxy groups -OCH3 is 1. The van der Waals surface area contributed by atoms with Gasteiger partial charge in [0.15, 0.2) is 11.5 Å². The van der Waals surface area contributed by atoms with Crippen LogP contribution in [-0.2, 0) is 12.0 Å². The zero-order valence-electron chi connectivity index (χ0n) is 19.2. The Morgan fingerprint density at radius 2 is 1.73 bits per heavy atom. The van der Waals surface area contributed by atoms with E-state index >= 15 is 0 Å². The Bertz CT molecular complexity index is 1200. The fourth-order valence-electron chi connectivity index (χ4n) is 3.32. The molecular formula is C27H26N2O4. The van der Waals surface area contributed by atoms with Crippen LogP contribution in [0.2, 0.25) is 0 Å². The lowest BCUT2D eigenvalue weighted by molar-refractivity contribution is -0.384. The summed E-state index contributed by atoms with van der Waals surface area (Å²) in [6.45, 7) is 6.85. The third-order valence-corrected chi connectivity index (χ3v) is 5.24. The van der Waals surface area contributed by atoms with Gasteiger partial charge in [0.25, 0.3) is 5.69 Å². The summed E-state index contributed by atoms with van der Waals surface area (Å²) >= 11 is 0. The molecule has 0 aliphatic heterocycles. The number of nitrogens with zero attached hydrogens (tertiary/aromatic N) is 2. The number of hydrogen-bond acceptors (Lipinski definition) is 5. The Morgan fingerprint density at radius 1 is 1.06 bits per heavy atom. The van der Waals surface area contributed by atoms with Gasteiger partial charge in [0, 0.05) is 17.7 Å². The van der Waals surface area contributed by atoms with E-state index in [2.05, 4.69) is 39.0 Å². The van der Waals surface area contributed by atoms with Crippen LogP contribution in [0.25, 0.3) is 11.6 Å². The Kier molecular flexibility index (Phi) is 7.14. The molecule has 3 aromatic rings. The standard InChI is InChI=1S/C27H26N2O4/c1-27(2,3)23-12-8-19(9-13-23)18-33-26-21(6-5-7-25(26)32-4)16-22(17-28)20-10-14-24(15-11-20)29(30)31/h5-16H,18H2,1-4H3. The summed E-state index contributed by atoms with van der Waals surface area (Å²) in [4.78, 5) is 10.4. The highest BCUT2D eigenvalue weighted by atomic mass is 16.6. The van der Waals surface area contributed by atoms with E-state index < -0.39 is 4.92 Å². The zero-order valence-corrected chi connectivity index (χ0v) is 19.2. The molecule has 33 heavy (non-hydrogen) atoms. The number of nitro benzene ring substituents is 1. The molecule has 0 aliphatic carbocycles. The third kappa shape index (κ3) is 5.78. The van der Waals surface area contributed by atoms with E-state index in [0.29, 0.717) is 34.8 Å². The first kappa shape index (κ1) is 23.6. The number of allylic oxidation sites excluding steroid dienone is 1. The van der Waals surface area contributed by atoms with Gasteiger partial charge < -0.3 is 9.47 Å². The van der Waals surface area contributed by atoms with Crippen LogP contribution < -0.4 is 9.47 Å². The number of para-hydroxylation sites is 1. The van der Waals surface area contributed by atoms with Gasteiger partial charge in [-0.25, -0.2) is 0 Å². The quantitative estimate of drug-likeness (QED) is 0.179. The molecule has 0 saturated carbocycles. The molecule has 0 bridgehead atoms. The highest BCUT2D eigenvalue weighted by Crippen LogP contribution is 2.34. The molecule has 0 fully saturated rings. The predicted molar refractivity (Wildman–Crippen MR) is 129 cm³/mol. The largest absolute Gasteiger partial charge is 0.493 e. The summed E-state index contributed by atoms with van der Waals surface area (Å²) in [6, 6.07) is 21.8. The fourth-order valence-corrected chi connectivity index (χ4v) is 3.32. The van der Waals surface area contributed by atoms with E-state index in [1.807, 2.05) is 24.3 Å². The first-order chi connectivity index (χ1) is 15.7. The van der Waals surface area contributed by atoms with Crippen molar-refractivity contribution in [3.63, 3.8) is 0 Å². The molecule has 0 aromatic heterocycles. The van der Waals surface area contributed by atoms with Gasteiger partial charge in [-0.15, -0.1) is 0 Å². The van der Waals surface area contributed by atoms with E-state index in [1.54, 1.807) is 31.4 Å². The molecule has 0 atom stereocenters. The number of nitriles is 1. The number of benzene rings is 3. The van der Waals surface area contributed by atoms with Crippen molar-refractivity contribution in [2.24, 2.45) is 0 Å². The molecule has 6 heteroatoms. The number of rotatable bonds is 7. The molecule has 168 valence electrons. The van der Waals surface area contributed by atoms with Crippen molar-refractivity contribution in [2.45, 2.75) is 32.8 Å². The van der Waals surface area contributed by atoms with Gasteiger partial charge in [0.05, 0.1) is 23.7 Å². The van der Waals surface area contributed by atoms with Crippen molar-refractivity contribution < 1.29 is 14.4 Å². The van der Waals surface area contributed by atoms with Gasteiger partial charge in [-0.3, -0.25) is 10.1 Å². The molecule has 0 aliphatic rings. The minimum Gasteiger partial charge on any atom is -0.493 e. The van der Waals surface area contributed by atoms with Crippen LogP contribution in [0.1, 0.15) is 43.0 Å². The second-order valence-corrected chi connectivity index (χ2v) is 8.59. The maximum absolute atomic E-state index is 10.9. The topological polar surface area (TPSA) is 85.4 Å². The van der Waals surface area contributed by atoms with E-state index in [-0.39, 0.29) is 11.1 Å². The second kappa shape index (κ2) is 10.0. The summed E-state index contributed by atoms with van der Waals surface area (Å²) in [5.74, 6) is 1.07. The van der Waals surface area contributed by atoms with E-state index in [9.17, 15) is 15.4 Å². The lowest BCUT2D eigenvalue weighted by Crippen LogP contribution is -2.10. The van der Waals surface area contributed by atoms with Crippen molar-refractivity contribution in [2.75, 3.05) is 7.11 Å². The third-order valence-electron chi connectivity index (χ3n) is 5.24. The van der Waals surface area contributed by atoms with E-state index in [4.69, 9.17) is 9.47 Å². The second-order valence-electron chi connectivity index (χ2n) is 8.59. The minimum atomic E-state index is -0.471. The van der Waals surface area contributed by atoms with Gasteiger partial charge >= 0.3 is 0 Å². The van der Waals surface area contributed by atoms with Crippen LogP contribution in [0.3, 0.4) is 0 Å². The summed E-state index contributed by atoms with van der Waals surface area (Å²) in [7, 11) is 1.56. The highest BCUT2D eigenvalue weighted by Gasteiger charge is 2.15. The molecule has 0 unspecified atom stereocenters. The monoisotopic (exact) mass is 442 g/mol. The summed E-state index contributed by atoms with van der Waals surface area (Å²) in [5.41, 5.74) is 3.92. The normalized spacial score (nSPS) is 11.5. The molecule has 0 spiro atoms. The summed E-state index contributed by atoms with van der Waals surface area (Å²) in [5, 5.41) is 20.6. The number of ether oxygens (including phenoxy) is 2. The van der Waals surface area contributed by atoms with Gasteiger partial charge in [0.2, 0.25) is 0 Å². The number of nitro groups is 1. The Hall–Kier alpha value is -4.11. The molecule has 3 rings (SSSR count). The number of hydrogen-bond donors (Lipinski definition) is 0. The average Bonchev–Trinajstić information content (AvgIpc) is 2.81. The maximum atomic E-state index is 10.9. The van der Waals surface area contributed by atoms with Gasteiger partial charge in [-0.1, -0.05) is 57.2 Å². The molecule has 0 heterocycles. The molecule has 3 aromatic carbocycles. The van der Waals surface area contributed by atoms with Crippen molar-refractivity contribution in [3.05, 3.63) is 99.1 Å². The highest BCUT2D eigenvalue weighted by molar-refractivity contribution is 5.91. The van der Waals surface area contributed by atoms with Crippen LogP contribution in [0.15, 0.2) is 66.7 Å². The zero-order chi connectivity index (χ0) is 24.0. The first-order valence-electron chi connectivity index (χ1n) is 10.5. The Morgan fingerprint density at radius 3 is 2.27 bits per heavy atom. The van der Waals surface area contributed by atoms with Crippen molar-refractivity contribution in [1.29, 1.82) is 5.26 Å². The molecule has 0 radical (unpaired) electrons. The predicted octanol–water partition coefficient (Wildman–Crippen LogP) is 6.54. The Labute approximate surface area is 193 Å². The maximum Gasteiger partial charge on any atom is 0.269 e. The van der Waals surface area contributed by atoms with Crippen molar-refractivity contribution in [1.82, 2.24) is 0 Å². The van der Waals surface area contributed by atoms with Gasteiger partial charge in [-0.05, 0) is 46.4 Å². The van der Waals surface area contributed by atoms with Gasteiger partial charge in [-0.2, -0.15) is 5.26 Å². The minimum absolute atomic E-state index is 0.0288. The van der Waals surface area contributed by atoms with Crippen molar-refractivity contribution >= 4 is 17.3 Å². The lowest BCUT2D eigenvalue weighted by atomic mass is 9.87. The molecule has 0 N–H and O–H groups in total. The smallest absolute Gasteiger partial charge is 0.269 e. The van der Waals surface area contributed by atoms with E-state index in [1.165, 1.54) is 17.7 Å². The fraction of sp³-hybridized carbons (Fsp3) is 0.222. The van der Waals surface area contributed by atoms with Crippen LogP contribution >= 0.6 is 0 Å². The van der Waals surface area contributed by atoms with Crippen LogP contribution in [0.4, 0.5) is 5.69 Å². The van der Waals surface area contributed by atoms with Crippen LogP contribution in [0.5, 0.6) is 11.5 Å². The van der Waals surface area contributed by atoms with Crippen LogP contribution in [-0.4, -0.2) is 12.0 Å². The first-order valence-corrected chi connectivity index (χ1v) is 10.5. The van der Waals surface area contributed by atoms with Crippen molar-refractivity contribution in [3.8, 4) is 17.6 Å². The molecule has 0 amide bonds. The number of non-ortho nitro benzene ring substituents is 1. The molecule has 0 saturated heterocycles.